The van der Waals surface area contributed by atoms with Crippen molar-refractivity contribution in [3.63, 3.8) is 0 Å². The molecule has 0 unspecified atom stereocenters. The summed E-state index contributed by atoms with van der Waals surface area (Å²) in [5, 5.41) is 0. The molecule has 0 aromatic carbocycles. The van der Waals surface area contributed by atoms with E-state index in [9.17, 15) is 0 Å². The summed E-state index contributed by atoms with van der Waals surface area (Å²) in [7, 11) is -0.910. The molecule has 0 aliphatic rings. The van der Waals surface area contributed by atoms with Gasteiger partial charge in [-0.1, -0.05) is 0 Å². The summed E-state index contributed by atoms with van der Waals surface area (Å²) in [6.07, 6.45) is 7.00. The van der Waals surface area contributed by atoms with Crippen LogP contribution in [0.4, 0.5) is 0 Å². The van der Waals surface area contributed by atoms with E-state index < -0.39 is 8.15 Å². The summed E-state index contributed by atoms with van der Waals surface area (Å²) in [6.45, 7) is 2.61. The zero-order valence-corrected chi connectivity index (χ0v) is 8.66. The lowest BCUT2D eigenvalue weighted by atomic mass is 10.9. The average Bonchev–Trinajstić information content (AvgIpc) is 2.87. The molecule has 0 bridgehead atoms. The predicted octanol–water partition coefficient (Wildman–Crippen LogP) is 0.517. The lowest BCUT2D eigenvalue weighted by Crippen LogP contribution is -2.19. The second kappa shape index (κ2) is 4.35. The standard InChI is InChI=1S/C8H11N4OP/c1-2-13-14(7-9-3-4-10-7)8-11-5-6-12-8/h3-6H,2H2,1H3,(H,9,10)(H,11,12). The Balaban J connectivity index is 2.25. The van der Waals surface area contributed by atoms with Gasteiger partial charge in [-0.2, -0.15) is 0 Å². The Kier molecular flexibility index (Phi) is 2.91. The number of hydrogen-bond acceptors (Lipinski definition) is 3. The van der Waals surface area contributed by atoms with E-state index >= 15 is 0 Å². The number of imidazole rings is 2. The molecule has 0 saturated heterocycles. The third kappa shape index (κ3) is 1.84. The van der Waals surface area contributed by atoms with Crippen molar-refractivity contribution in [2.24, 2.45) is 0 Å². The molecule has 0 atom stereocenters. The van der Waals surface area contributed by atoms with Crippen LogP contribution in [0, 0.1) is 0 Å². The number of nitrogens with zero attached hydrogens (tertiary/aromatic N) is 2. The molecule has 5 nitrogen and oxygen atoms in total. The van der Waals surface area contributed by atoms with Crippen LogP contribution in [-0.2, 0) is 4.52 Å². The van der Waals surface area contributed by atoms with Crippen molar-refractivity contribution < 1.29 is 4.52 Å². The Morgan fingerprint density at radius 3 is 2.14 bits per heavy atom. The van der Waals surface area contributed by atoms with E-state index in [0.29, 0.717) is 6.61 Å². The lowest BCUT2D eigenvalue weighted by molar-refractivity contribution is 0.386. The van der Waals surface area contributed by atoms with Crippen LogP contribution in [0.3, 0.4) is 0 Å². The van der Waals surface area contributed by atoms with Crippen LogP contribution in [0.2, 0.25) is 0 Å². The fourth-order valence-corrected chi connectivity index (χ4v) is 2.52. The van der Waals surface area contributed by atoms with Gasteiger partial charge in [-0.15, -0.1) is 0 Å². The van der Waals surface area contributed by atoms with Crippen molar-refractivity contribution in [3.8, 4) is 0 Å². The van der Waals surface area contributed by atoms with Crippen molar-refractivity contribution >= 4 is 19.3 Å². The average molecular weight is 210 g/mol. The molecule has 0 radical (unpaired) electrons. The molecule has 2 N–H and O–H groups in total. The summed E-state index contributed by atoms with van der Waals surface area (Å²) < 4.78 is 5.61. The molecule has 0 spiro atoms. The minimum atomic E-state index is -0.910. The number of nitrogens with one attached hydrogen (secondary N) is 2. The molecule has 0 aliphatic carbocycles. The molecule has 6 heteroatoms. The van der Waals surface area contributed by atoms with Gasteiger partial charge in [-0.05, 0) is 6.92 Å². The van der Waals surface area contributed by atoms with Crippen molar-refractivity contribution in [2.45, 2.75) is 6.92 Å². The summed E-state index contributed by atoms with van der Waals surface area (Å²) in [5.74, 6) is 0. The molecular weight excluding hydrogens is 199 g/mol. The highest BCUT2D eigenvalue weighted by atomic mass is 31.1. The molecule has 0 amide bonds. The zero-order chi connectivity index (χ0) is 9.80. The van der Waals surface area contributed by atoms with Crippen LogP contribution in [0.15, 0.2) is 24.8 Å². The first-order valence-corrected chi connectivity index (χ1v) is 5.59. The van der Waals surface area contributed by atoms with Gasteiger partial charge in [0.15, 0.2) is 19.3 Å². The largest absolute Gasteiger partial charge is 0.345 e. The summed E-state index contributed by atoms with van der Waals surface area (Å²) in [5.41, 5.74) is 1.66. The van der Waals surface area contributed by atoms with Crippen molar-refractivity contribution in [1.29, 1.82) is 0 Å². The first-order valence-electron chi connectivity index (χ1n) is 4.33. The predicted molar refractivity (Wildman–Crippen MR) is 55.0 cm³/mol. The molecule has 0 fully saturated rings. The van der Waals surface area contributed by atoms with E-state index in [1.807, 2.05) is 6.92 Å². The molecule has 2 heterocycles. The monoisotopic (exact) mass is 210 g/mol. The number of hydrogen-bond donors (Lipinski definition) is 2. The first-order chi connectivity index (χ1) is 6.92. The Labute approximate surface area is 82.8 Å². The minimum Gasteiger partial charge on any atom is -0.345 e. The highest BCUT2D eigenvalue weighted by Crippen LogP contribution is 2.30. The Morgan fingerprint density at radius 2 is 1.79 bits per heavy atom. The third-order valence-electron chi connectivity index (χ3n) is 1.61. The van der Waals surface area contributed by atoms with E-state index in [1.165, 1.54) is 0 Å². The van der Waals surface area contributed by atoms with Crippen molar-refractivity contribution in [3.05, 3.63) is 24.8 Å². The Bertz CT molecular complexity index is 324. The minimum absolute atomic E-state index is 0.646. The topological polar surface area (TPSA) is 66.6 Å². The second-order valence-corrected chi connectivity index (χ2v) is 4.23. The third-order valence-corrected chi connectivity index (χ3v) is 3.39. The molecule has 74 valence electrons. The maximum atomic E-state index is 5.61. The van der Waals surface area contributed by atoms with Gasteiger partial charge in [0.1, 0.15) is 0 Å². The number of H-pyrrole nitrogens is 2. The smallest absolute Gasteiger partial charge is 0.167 e. The number of rotatable bonds is 4. The Hall–Kier alpha value is -1.19. The van der Waals surface area contributed by atoms with Gasteiger partial charge in [0.2, 0.25) is 0 Å². The van der Waals surface area contributed by atoms with Gasteiger partial charge in [0.05, 0.1) is 0 Å². The maximum Gasteiger partial charge on any atom is 0.167 e. The maximum absolute atomic E-state index is 5.61. The highest BCUT2D eigenvalue weighted by molar-refractivity contribution is 7.67. The quantitative estimate of drug-likeness (QED) is 0.723. The van der Waals surface area contributed by atoms with Gasteiger partial charge < -0.3 is 14.5 Å². The van der Waals surface area contributed by atoms with Gasteiger partial charge in [0.25, 0.3) is 0 Å². The van der Waals surface area contributed by atoms with E-state index in [-0.39, 0.29) is 0 Å². The molecular formula is C8H11N4OP. The summed E-state index contributed by atoms with van der Waals surface area (Å²) in [6, 6.07) is 0. The first kappa shape index (κ1) is 9.37. The van der Waals surface area contributed by atoms with E-state index in [4.69, 9.17) is 4.52 Å². The van der Waals surface area contributed by atoms with Gasteiger partial charge in [-0.3, -0.25) is 0 Å². The van der Waals surface area contributed by atoms with Crippen LogP contribution in [0.1, 0.15) is 6.92 Å². The van der Waals surface area contributed by atoms with Crippen LogP contribution < -0.4 is 11.1 Å². The fourth-order valence-electron chi connectivity index (χ4n) is 1.09. The Morgan fingerprint density at radius 1 is 1.21 bits per heavy atom. The summed E-state index contributed by atoms with van der Waals surface area (Å²) in [4.78, 5) is 14.4. The molecule has 2 aromatic heterocycles. The molecule has 2 aromatic rings. The molecule has 0 saturated carbocycles. The molecule has 14 heavy (non-hydrogen) atoms. The van der Waals surface area contributed by atoms with E-state index in [1.54, 1.807) is 24.8 Å². The highest BCUT2D eigenvalue weighted by Gasteiger charge is 2.19. The fraction of sp³-hybridized carbons (Fsp3) is 0.250. The van der Waals surface area contributed by atoms with Gasteiger partial charge in [0, 0.05) is 31.4 Å². The van der Waals surface area contributed by atoms with Gasteiger partial charge in [-0.25, -0.2) is 9.97 Å². The lowest BCUT2D eigenvalue weighted by Gasteiger charge is -2.10. The second-order valence-electron chi connectivity index (χ2n) is 2.54. The number of aromatic amines is 2. The van der Waals surface area contributed by atoms with Crippen LogP contribution in [0.25, 0.3) is 0 Å². The van der Waals surface area contributed by atoms with Crippen molar-refractivity contribution in [2.75, 3.05) is 6.61 Å². The van der Waals surface area contributed by atoms with Crippen LogP contribution in [-0.4, -0.2) is 26.5 Å². The SMILES string of the molecule is CCOP(c1ncc[nH]1)c1ncc[nH]1. The number of aromatic nitrogens is 4. The van der Waals surface area contributed by atoms with Crippen LogP contribution in [0.5, 0.6) is 0 Å². The van der Waals surface area contributed by atoms with E-state index in [2.05, 4.69) is 19.9 Å². The van der Waals surface area contributed by atoms with Gasteiger partial charge >= 0.3 is 0 Å². The molecule has 2 rings (SSSR count). The van der Waals surface area contributed by atoms with Crippen LogP contribution >= 0.6 is 8.15 Å². The van der Waals surface area contributed by atoms with E-state index in [0.717, 1.165) is 11.1 Å². The normalized spacial score (nSPS) is 11.0. The zero-order valence-electron chi connectivity index (χ0n) is 7.77. The molecule has 0 aliphatic heterocycles. The summed E-state index contributed by atoms with van der Waals surface area (Å²) >= 11 is 0. The van der Waals surface area contributed by atoms with Crippen molar-refractivity contribution in [1.82, 2.24) is 19.9 Å².